The number of ether oxygens (including phenoxy) is 1. The van der Waals surface area contributed by atoms with Crippen LogP contribution in [0.1, 0.15) is 37.7 Å². The van der Waals surface area contributed by atoms with E-state index in [4.69, 9.17) is 4.74 Å². The maximum atomic E-state index is 13.0. The molecule has 1 aliphatic heterocycles. The number of rotatable bonds is 6. The van der Waals surface area contributed by atoms with Crippen molar-refractivity contribution in [3.05, 3.63) is 35.6 Å². The van der Waals surface area contributed by atoms with Crippen LogP contribution in [0.3, 0.4) is 0 Å². The highest BCUT2D eigenvalue weighted by Gasteiger charge is 2.20. The van der Waals surface area contributed by atoms with E-state index in [1.165, 1.54) is 12.0 Å². The summed E-state index contributed by atoms with van der Waals surface area (Å²) in [5.41, 5.74) is 1.24. The van der Waals surface area contributed by atoms with E-state index < -0.39 is 0 Å². The molecule has 2 nitrogen and oxygen atoms in total. The molecule has 1 saturated heterocycles. The lowest BCUT2D eigenvalue weighted by Crippen LogP contribution is -2.25. The number of hydrogen-bond acceptors (Lipinski definition) is 2. The molecule has 106 valence electrons. The zero-order valence-corrected chi connectivity index (χ0v) is 11.7. The number of nitrogens with one attached hydrogen (secondary N) is 1. The van der Waals surface area contributed by atoms with Crippen molar-refractivity contribution in [3.8, 4) is 0 Å². The quantitative estimate of drug-likeness (QED) is 0.852. The maximum Gasteiger partial charge on any atom is 0.123 e. The Hall–Kier alpha value is -0.930. The van der Waals surface area contributed by atoms with Crippen LogP contribution in [0.25, 0.3) is 0 Å². The Balaban J connectivity index is 1.99. The predicted molar refractivity (Wildman–Crippen MR) is 75.8 cm³/mol. The molecule has 1 N–H and O–H groups in total. The van der Waals surface area contributed by atoms with E-state index in [2.05, 4.69) is 12.2 Å². The lowest BCUT2D eigenvalue weighted by molar-refractivity contribution is 0.0616. The summed E-state index contributed by atoms with van der Waals surface area (Å²) in [5, 5.41) is 3.43. The van der Waals surface area contributed by atoms with Crippen molar-refractivity contribution in [1.29, 1.82) is 0 Å². The molecule has 1 atom stereocenters. The Labute approximate surface area is 115 Å². The Morgan fingerprint density at radius 3 is 2.58 bits per heavy atom. The molecule has 1 aromatic carbocycles. The van der Waals surface area contributed by atoms with Gasteiger partial charge >= 0.3 is 0 Å². The summed E-state index contributed by atoms with van der Waals surface area (Å²) >= 11 is 0. The molecule has 0 aliphatic carbocycles. The minimum atomic E-state index is -0.156. The number of hydrogen-bond donors (Lipinski definition) is 1. The van der Waals surface area contributed by atoms with Crippen LogP contribution in [-0.2, 0) is 4.74 Å². The second kappa shape index (κ2) is 7.61. The van der Waals surface area contributed by atoms with Crippen LogP contribution in [0.4, 0.5) is 4.39 Å². The molecular formula is C16H24FNO. The van der Waals surface area contributed by atoms with Crippen LogP contribution in [0.2, 0.25) is 0 Å². The predicted octanol–water partition coefficient (Wildman–Crippen LogP) is 3.34. The van der Waals surface area contributed by atoms with E-state index in [9.17, 15) is 4.39 Å². The molecular weight excluding hydrogens is 241 g/mol. The minimum Gasteiger partial charge on any atom is -0.381 e. The second-order valence-corrected chi connectivity index (χ2v) is 5.35. The van der Waals surface area contributed by atoms with Crippen molar-refractivity contribution >= 4 is 0 Å². The molecule has 1 heterocycles. The number of likely N-dealkylation sites (N-methyl/N-ethyl adjacent to an activating group) is 1. The van der Waals surface area contributed by atoms with Crippen molar-refractivity contribution in [3.63, 3.8) is 0 Å². The van der Waals surface area contributed by atoms with Crippen LogP contribution in [0.15, 0.2) is 24.3 Å². The molecule has 0 aromatic heterocycles. The molecule has 0 amide bonds. The number of halogens is 1. The normalized spacial score (nSPS) is 18.4. The van der Waals surface area contributed by atoms with Gasteiger partial charge in [0, 0.05) is 19.8 Å². The first-order chi connectivity index (χ1) is 9.29. The van der Waals surface area contributed by atoms with Crippen LogP contribution in [0.5, 0.6) is 0 Å². The van der Waals surface area contributed by atoms with E-state index >= 15 is 0 Å². The highest BCUT2D eigenvalue weighted by molar-refractivity contribution is 5.21. The summed E-state index contributed by atoms with van der Waals surface area (Å²) in [6.07, 6.45) is 3.48. The van der Waals surface area contributed by atoms with Crippen molar-refractivity contribution in [2.75, 3.05) is 26.3 Å². The zero-order valence-electron chi connectivity index (χ0n) is 11.7. The van der Waals surface area contributed by atoms with Gasteiger partial charge < -0.3 is 10.1 Å². The molecule has 0 bridgehead atoms. The fraction of sp³-hybridized carbons (Fsp3) is 0.625. The first-order valence-corrected chi connectivity index (χ1v) is 7.33. The Kier molecular flexibility index (Phi) is 5.80. The monoisotopic (exact) mass is 265 g/mol. The van der Waals surface area contributed by atoms with Gasteiger partial charge in [0.25, 0.3) is 0 Å². The van der Waals surface area contributed by atoms with Crippen LogP contribution in [0, 0.1) is 11.7 Å². The van der Waals surface area contributed by atoms with Gasteiger partial charge in [-0.05, 0) is 55.3 Å². The van der Waals surface area contributed by atoms with Crippen LogP contribution >= 0.6 is 0 Å². The molecule has 0 radical (unpaired) electrons. The van der Waals surface area contributed by atoms with Gasteiger partial charge in [0.15, 0.2) is 0 Å². The second-order valence-electron chi connectivity index (χ2n) is 5.35. The van der Waals surface area contributed by atoms with Gasteiger partial charge in [-0.15, -0.1) is 0 Å². The van der Waals surface area contributed by atoms with Gasteiger partial charge in [0.05, 0.1) is 0 Å². The molecule has 19 heavy (non-hydrogen) atoms. The summed E-state index contributed by atoms with van der Waals surface area (Å²) in [7, 11) is 0. The Morgan fingerprint density at radius 1 is 1.26 bits per heavy atom. The average Bonchev–Trinajstić information content (AvgIpc) is 2.45. The van der Waals surface area contributed by atoms with Crippen molar-refractivity contribution < 1.29 is 9.13 Å². The van der Waals surface area contributed by atoms with E-state index in [0.717, 1.165) is 45.1 Å². The lowest BCUT2D eigenvalue weighted by Gasteiger charge is -2.27. The standard InChI is InChI=1S/C16H24FNO/c1-2-18-12-15(11-13-7-9-19-10-8-13)14-3-5-16(17)6-4-14/h3-6,13,15,18H,2,7-12H2,1H3. The largest absolute Gasteiger partial charge is 0.381 e. The van der Waals surface area contributed by atoms with Crippen molar-refractivity contribution in [2.24, 2.45) is 5.92 Å². The smallest absolute Gasteiger partial charge is 0.123 e. The van der Waals surface area contributed by atoms with E-state index in [1.54, 1.807) is 12.1 Å². The topological polar surface area (TPSA) is 21.3 Å². The maximum absolute atomic E-state index is 13.0. The molecule has 1 fully saturated rings. The van der Waals surface area contributed by atoms with Gasteiger partial charge in [0.1, 0.15) is 5.82 Å². The third kappa shape index (κ3) is 4.59. The van der Waals surface area contributed by atoms with Crippen LogP contribution in [-0.4, -0.2) is 26.3 Å². The number of benzene rings is 1. The molecule has 1 aliphatic rings. The third-order valence-electron chi connectivity index (χ3n) is 3.94. The fourth-order valence-electron chi connectivity index (χ4n) is 2.78. The molecule has 3 heteroatoms. The molecule has 0 saturated carbocycles. The average molecular weight is 265 g/mol. The van der Waals surface area contributed by atoms with Crippen molar-refractivity contribution in [2.45, 2.75) is 32.1 Å². The van der Waals surface area contributed by atoms with Gasteiger partial charge in [0.2, 0.25) is 0 Å². The van der Waals surface area contributed by atoms with Gasteiger partial charge in [-0.2, -0.15) is 0 Å². The zero-order chi connectivity index (χ0) is 13.5. The highest BCUT2D eigenvalue weighted by Crippen LogP contribution is 2.29. The lowest BCUT2D eigenvalue weighted by atomic mass is 9.85. The Morgan fingerprint density at radius 2 is 1.95 bits per heavy atom. The van der Waals surface area contributed by atoms with Crippen molar-refractivity contribution in [1.82, 2.24) is 5.32 Å². The molecule has 1 aromatic rings. The van der Waals surface area contributed by atoms with Crippen LogP contribution < -0.4 is 5.32 Å². The summed E-state index contributed by atoms with van der Waals surface area (Å²) < 4.78 is 18.4. The minimum absolute atomic E-state index is 0.156. The Bertz CT molecular complexity index is 360. The first-order valence-electron chi connectivity index (χ1n) is 7.33. The van der Waals surface area contributed by atoms with E-state index in [0.29, 0.717) is 5.92 Å². The summed E-state index contributed by atoms with van der Waals surface area (Å²) in [5.74, 6) is 1.06. The fourth-order valence-corrected chi connectivity index (χ4v) is 2.78. The summed E-state index contributed by atoms with van der Waals surface area (Å²) in [6, 6.07) is 6.99. The summed E-state index contributed by atoms with van der Waals surface area (Å²) in [6.45, 7) is 5.85. The highest BCUT2D eigenvalue weighted by atomic mass is 19.1. The SMILES string of the molecule is CCNCC(CC1CCOCC1)c1ccc(F)cc1. The van der Waals surface area contributed by atoms with Gasteiger partial charge in [-0.1, -0.05) is 19.1 Å². The summed E-state index contributed by atoms with van der Waals surface area (Å²) in [4.78, 5) is 0. The van der Waals surface area contributed by atoms with Gasteiger partial charge in [-0.25, -0.2) is 4.39 Å². The van der Waals surface area contributed by atoms with Gasteiger partial charge in [-0.3, -0.25) is 0 Å². The van der Waals surface area contributed by atoms with E-state index in [1.807, 2.05) is 12.1 Å². The third-order valence-corrected chi connectivity index (χ3v) is 3.94. The molecule has 2 rings (SSSR count). The molecule has 1 unspecified atom stereocenters. The molecule has 0 spiro atoms. The first kappa shape index (κ1) is 14.5. The van der Waals surface area contributed by atoms with E-state index in [-0.39, 0.29) is 5.82 Å².